The van der Waals surface area contributed by atoms with Gasteiger partial charge in [-0.05, 0) is 19.8 Å². The molecule has 2 rings (SSSR count). The standard InChI is InChI=1S/C12H18N2O/c1-2-14-9-8-13-12(14)11(15)10-6-4-3-5-7-10/h8-10H,2-7H2,1H3. The van der Waals surface area contributed by atoms with Crippen molar-refractivity contribution in [1.29, 1.82) is 0 Å². The minimum atomic E-state index is 0.228. The number of ketones is 1. The zero-order valence-electron chi connectivity index (χ0n) is 9.28. The first kappa shape index (κ1) is 10.4. The van der Waals surface area contributed by atoms with E-state index >= 15 is 0 Å². The first-order valence-electron chi connectivity index (χ1n) is 5.88. The summed E-state index contributed by atoms with van der Waals surface area (Å²) in [5, 5.41) is 0. The summed E-state index contributed by atoms with van der Waals surface area (Å²) in [6.45, 7) is 2.87. The molecule has 0 bridgehead atoms. The van der Waals surface area contributed by atoms with Crippen molar-refractivity contribution in [2.75, 3.05) is 0 Å². The predicted molar refractivity (Wildman–Crippen MR) is 58.8 cm³/mol. The van der Waals surface area contributed by atoms with Crippen molar-refractivity contribution in [3.8, 4) is 0 Å². The van der Waals surface area contributed by atoms with Crippen molar-refractivity contribution in [3.63, 3.8) is 0 Å². The molecule has 82 valence electrons. The van der Waals surface area contributed by atoms with Crippen molar-refractivity contribution in [2.24, 2.45) is 5.92 Å². The summed E-state index contributed by atoms with van der Waals surface area (Å²) in [7, 11) is 0. The maximum Gasteiger partial charge on any atom is 0.201 e. The Bertz CT molecular complexity index is 337. The van der Waals surface area contributed by atoms with E-state index in [1.807, 2.05) is 17.7 Å². The Morgan fingerprint density at radius 3 is 2.87 bits per heavy atom. The lowest BCUT2D eigenvalue weighted by molar-refractivity contribution is 0.0874. The van der Waals surface area contributed by atoms with Crippen LogP contribution in [0, 0.1) is 5.92 Å². The van der Waals surface area contributed by atoms with E-state index in [0.717, 1.165) is 19.4 Å². The highest BCUT2D eigenvalue weighted by molar-refractivity contribution is 5.94. The number of Topliss-reactive ketones (excluding diaryl/α,β-unsaturated/α-hetero) is 1. The van der Waals surface area contributed by atoms with Gasteiger partial charge in [0.2, 0.25) is 5.78 Å². The summed E-state index contributed by atoms with van der Waals surface area (Å²) in [6, 6.07) is 0. The van der Waals surface area contributed by atoms with Crippen LogP contribution in [0.15, 0.2) is 12.4 Å². The van der Waals surface area contributed by atoms with Crippen LogP contribution in [0.1, 0.15) is 49.6 Å². The zero-order chi connectivity index (χ0) is 10.7. The van der Waals surface area contributed by atoms with Crippen molar-refractivity contribution in [2.45, 2.75) is 45.6 Å². The van der Waals surface area contributed by atoms with E-state index in [1.165, 1.54) is 19.3 Å². The van der Waals surface area contributed by atoms with Crippen molar-refractivity contribution in [3.05, 3.63) is 18.2 Å². The largest absolute Gasteiger partial charge is 0.329 e. The highest BCUT2D eigenvalue weighted by Crippen LogP contribution is 2.26. The van der Waals surface area contributed by atoms with Gasteiger partial charge in [0.15, 0.2) is 5.82 Å². The number of nitrogens with zero attached hydrogens (tertiary/aromatic N) is 2. The lowest BCUT2D eigenvalue weighted by atomic mass is 9.86. The van der Waals surface area contributed by atoms with Crippen LogP contribution in [0.5, 0.6) is 0 Å². The summed E-state index contributed by atoms with van der Waals surface area (Å²) in [6.07, 6.45) is 9.39. The summed E-state index contributed by atoms with van der Waals surface area (Å²) < 4.78 is 1.94. The first-order valence-corrected chi connectivity index (χ1v) is 5.88. The minimum Gasteiger partial charge on any atom is -0.329 e. The molecule has 0 atom stereocenters. The Labute approximate surface area is 90.5 Å². The summed E-state index contributed by atoms with van der Waals surface area (Å²) in [5.74, 6) is 1.14. The van der Waals surface area contributed by atoms with E-state index in [4.69, 9.17) is 0 Å². The third kappa shape index (κ3) is 2.11. The maximum absolute atomic E-state index is 12.2. The topological polar surface area (TPSA) is 34.9 Å². The highest BCUT2D eigenvalue weighted by atomic mass is 16.1. The van der Waals surface area contributed by atoms with Crippen LogP contribution in [-0.4, -0.2) is 15.3 Å². The second-order valence-corrected chi connectivity index (χ2v) is 4.24. The van der Waals surface area contributed by atoms with Crippen LogP contribution in [0.25, 0.3) is 0 Å². The molecule has 3 nitrogen and oxygen atoms in total. The van der Waals surface area contributed by atoms with E-state index in [9.17, 15) is 4.79 Å². The number of carbonyl (C=O) groups is 1. The van der Waals surface area contributed by atoms with Gasteiger partial charge in [-0.25, -0.2) is 4.98 Å². The van der Waals surface area contributed by atoms with Crippen LogP contribution in [0.2, 0.25) is 0 Å². The smallest absolute Gasteiger partial charge is 0.201 e. The molecule has 1 aliphatic rings. The third-order valence-electron chi connectivity index (χ3n) is 3.25. The van der Waals surface area contributed by atoms with Crippen LogP contribution in [-0.2, 0) is 6.54 Å². The first-order chi connectivity index (χ1) is 7.33. The van der Waals surface area contributed by atoms with Crippen LogP contribution in [0.4, 0.5) is 0 Å². The second kappa shape index (κ2) is 4.60. The van der Waals surface area contributed by atoms with Gasteiger partial charge >= 0.3 is 0 Å². The lowest BCUT2D eigenvalue weighted by Crippen LogP contribution is -2.21. The van der Waals surface area contributed by atoms with Crippen LogP contribution < -0.4 is 0 Å². The van der Waals surface area contributed by atoms with Gasteiger partial charge in [0, 0.05) is 24.9 Å². The van der Waals surface area contributed by atoms with Gasteiger partial charge in [0.05, 0.1) is 0 Å². The number of aromatic nitrogens is 2. The van der Waals surface area contributed by atoms with Gasteiger partial charge in [-0.1, -0.05) is 19.3 Å². The molecule has 1 aromatic rings. The number of hydrogen-bond donors (Lipinski definition) is 0. The molecule has 1 saturated carbocycles. The maximum atomic E-state index is 12.2. The molecule has 0 spiro atoms. The number of carbonyl (C=O) groups excluding carboxylic acids is 1. The van der Waals surface area contributed by atoms with Crippen molar-refractivity contribution in [1.82, 2.24) is 9.55 Å². The lowest BCUT2D eigenvalue weighted by Gasteiger charge is -2.20. The molecule has 0 radical (unpaired) electrons. The Morgan fingerprint density at radius 2 is 2.20 bits per heavy atom. The quantitative estimate of drug-likeness (QED) is 0.713. The average molecular weight is 206 g/mol. The molecule has 1 aliphatic carbocycles. The molecule has 0 N–H and O–H groups in total. The van der Waals surface area contributed by atoms with Crippen LogP contribution in [0.3, 0.4) is 0 Å². The Kier molecular flexibility index (Phi) is 3.19. The molecule has 3 heteroatoms. The summed E-state index contributed by atoms with van der Waals surface area (Å²) in [4.78, 5) is 16.3. The van der Waals surface area contributed by atoms with E-state index < -0.39 is 0 Å². The third-order valence-corrected chi connectivity index (χ3v) is 3.25. The molecule has 0 unspecified atom stereocenters. The van der Waals surface area contributed by atoms with E-state index in [-0.39, 0.29) is 11.7 Å². The molecule has 1 heterocycles. The number of aryl methyl sites for hydroxylation is 1. The van der Waals surface area contributed by atoms with Crippen molar-refractivity contribution < 1.29 is 4.79 Å². The molecule has 1 aromatic heterocycles. The van der Waals surface area contributed by atoms with Crippen molar-refractivity contribution >= 4 is 5.78 Å². The molecular weight excluding hydrogens is 188 g/mol. The average Bonchev–Trinajstić information content (AvgIpc) is 2.77. The summed E-state index contributed by atoms with van der Waals surface area (Å²) in [5.41, 5.74) is 0. The molecule has 15 heavy (non-hydrogen) atoms. The fraction of sp³-hybridized carbons (Fsp3) is 0.667. The normalized spacial score (nSPS) is 17.9. The fourth-order valence-electron chi connectivity index (χ4n) is 2.34. The number of hydrogen-bond acceptors (Lipinski definition) is 2. The van der Waals surface area contributed by atoms with Gasteiger partial charge in [-0.2, -0.15) is 0 Å². The minimum absolute atomic E-state index is 0.228. The molecular formula is C12H18N2O. The van der Waals surface area contributed by atoms with E-state index in [1.54, 1.807) is 6.20 Å². The Hall–Kier alpha value is -1.12. The Morgan fingerprint density at radius 1 is 1.47 bits per heavy atom. The van der Waals surface area contributed by atoms with Gasteiger partial charge in [0.1, 0.15) is 0 Å². The zero-order valence-corrected chi connectivity index (χ0v) is 9.28. The monoisotopic (exact) mass is 206 g/mol. The molecule has 0 saturated heterocycles. The predicted octanol–water partition coefficient (Wildman–Crippen LogP) is 2.67. The van der Waals surface area contributed by atoms with Gasteiger partial charge in [0.25, 0.3) is 0 Å². The highest BCUT2D eigenvalue weighted by Gasteiger charge is 2.25. The summed E-state index contributed by atoms with van der Waals surface area (Å²) >= 11 is 0. The molecule has 0 aliphatic heterocycles. The Balaban J connectivity index is 2.12. The fourth-order valence-corrected chi connectivity index (χ4v) is 2.34. The molecule has 1 fully saturated rings. The van der Waals surface area contributed by atoms with Gasteiger partial charge in [-0.3, -0.25) is 4.79 Å². The van der Waals surface area contributed by atoms with E-state index in [2.05, 4.69) is 4.98 Å². The second-order valence-electron chi connectivity index (χ2n) is 4.24. The molecule has 0 aromatic carbocycles. The van der Waals surface area contributed by atoms with Gasteiger partial charge in [-0.15, -0.1) is 0 Å². The van der Waals surface area contributed by atoms with Crippen LogP contribution >= 0.6 is 0 Å². The van der Waals surface area contributed by atoms with E-state index in [0.29, 0.717) is 5.82 Å². The SMILES string of the molecule is CCn1ccnc1C(=O)C1CCCCC1. The number of rotatable bonds is 3. The molecule has 0 amide bonds. The number of imidazole rings is 1. The van der Waals surface area contributed by atoms with Gasteiger partial charge < -0.3 is 4.57 Å².